The predicted molar refractivity (Wildman–Crippen MR) is 74.0 cm³/mol. The van der Waals surface area contributed by atoms with Crippen molar-refractivity contribution < 1.29 is 14.7 Å². The fourth-order valence-electron chi connectivity index (χ4n) is 2.15. The van der Waals surface area contributed by atoms with Gasteiger partial charge in [-0.25, -0.2) is 0 Å². The predicted octanol–water partition coefficient (Wildman–Crippen LogP) is 0.886. The number of amides is 1. The Morgan fingerprint density at radius 2 is 2.00 bits per heavy atom. The molecule has 7 heteroatoms. The van der Waals surface area contributed by atoms with Gasteiger partial charge in [0.1, 0.15) is 0 Å². The Bertz CT molecular complexity index is 528. The second-order valence-corrected chi connectivity index (χ2v) is 5.17. The second kappa shape index (κ2) is 6.19. The zero-order chi connectivity index (χ0) is 14.7. The van der Waals surface area contributed by atoms with Gasteiger partial charge in [0.2, 0.25) is 0 Å². The molecule has 6 nitrogen and oxygen atoms in total. The number of nitrogens with zero attached hydrogens (tertiary/aromatic N) is 3. The van der Waals surface area contributed by atoms with E-state index < -0.39 is 5.97 Å². The Hall–Kier alpha value is -1.66. The Morgan fingerprint density at radius 3 is 2.55 bits per heavy atom. The van der Waals surface area contributed by atoms with Crippen LogP contribution in [0.1, 0.15) is 16.1 Å². The lowest BCUT2D eigenvalue weighted by Crippen LogP contribution is -2.50. The molecule has 1 fully saturated rings. The minimum Gasteiger partial charge on any atom is -0.480 e. The summed E-state index contributed by atoms with van der Waals surface area (Å²) in [6.45, 7) is 3.91. The van der Waals surface area contributed by atoms with Crippen LogP contribution in [0.5, 0.6) is 0 Å². The zero-order valence-electron chi connectivity index (χ0n) is 11.2. The molecule has 0 bridgehead atoms. The van der Waals surface area contributed by atoms with Crippen LogP contribution in [0, 0.1) is 6.92 Å². The van der Waals surface area contributed by atoms with E-state index in [1.807, 2.05) is 6.92 Å². The summed E-state index contributed by atoms with van der Waals surface area (Å²) in [7, 11) is 0. The van der Waals surface area contributed by atoms with E-state index in [0.717, 1.165) is 5.69 Å². The number of carbonyl (C=O) groups excluding carboxylic acids is 1. The van der Waals surface area contributed by atoms with Crippen LogP contribution in [0.4, 0.5) is 0 Å². The second-order valence-electron chi connectivity index (χ2n) is 4.77. The van der Waals surface area contributed by atoms with Crippen molar-refractivity contribution in [1.29, 1.82) is 0 Å². The molecule has 0 aliphatic carbocycles. The van der Waals surface area contributed by atoms with Crippen LogP contribution in [-0.2, 0) is 4.79 Å². The first-order valence-corrected chi connectivity index (χ1v) is 6.70. The third-order valence-electron chi connectivity index (χ3n) is 3.24. The van der Waals surface area contributed by atoms with Crippen molar-refractivity contribution in [3.63, 3.8) is 0 Å². The molecule has 1 aliphatic rings. The Balaban J connectivity index is 1.99. The van der Waals surface area contributed by atoms with E-state index in [9.17, 15) is 9.59 Å². The highest BCUT2D eigenvalue weighted by molar-refractivity contribution is 6.33. The Morgan fingerprint density at radius 1 is 1.35 bits per heavy atom. The van der Waals surface area contributed by atoms with E-state index in [2.05, 4.69) is 4.98 Å². The number of hydrogen-bond acceptors (Lipinski definition) is 4. The van der Waals surface area contributed by atoms with Gasteiger partial charge in [-0.1, -0.05) is 11.6 Å². The van der Waals surface area contributed by atoms with E-state index in [0.29, 0.717) is 36.8 Å². The van der Waals surface area contributed by atoms with Crippen molar-refractivity contribution in [2.75, 3.05) is 32.7 Å². The number of pyridine rings is 1. The highest BCUT2D eigenvalue weighted by atomic mass is 35.5. The number of hydrogen-bond donors (Lipinski definition) is 1. The van der Waals surface area contributed by atoms with E-state index >= 15 is 0 Å². The fraction of sp³-hybridized carbons (Fsp3) is 0.462. The molecular weight excluding hydrogens is 282 g/mol. The number of aliphatic carboxylic acids is 1. The molecule has 1 aromatic rings. The number of rotatable bonds is 3. The first kappa shape index (κ1) is 14.7. The molecule has 2 heterocycles. The van der Waals surface area contributed by atoms with Crippen LogP contribution < -0.4 is 0 Å². The normalized spacial score (nSPS) is 16.2. The molecule has 1 N–H and O–H groups in total. The van der Waals surface area contributed by atoms with Crippen molar-refractivity contribution in [1.82, 2.24) is 14.8 Å². The third kappa shape index (κ3) is 3.46. The van der Waals surface area contributed by atoms with Crippen LogP contribution in [0.2, 0.25) is 5.02 Å². The van der Waals surface area contributed by atoms with Crippen LogP contribution in [0.15, 0.2) is 12.3 Å². The summed E-state index contributed by atoms with van der Waals surface area (Å²) in [5.74, 6) is -1.01. The number of halogens is 1. The summed E-state index contributed by atoms with van der Waals surface area (Å²) in [4.78, 5) is 30.5. The maximum atomic E-state index is 12.3. The van der Waals surface area contributed by atoms with Crippen LogP contribution in [0.3, 0.4) is 0 Å². The van der Waals surface area contributed by atoms with Crippen LogP contribution >= 0.6 is 11.6 Å². The highest BCUT2D eigenvalue weighted by Gasteiger charge is 2.24. The molecule has 0 aromatic carbocycles. The van der Waals surface area contributed by atoms with Crippen molar-refractivity contribution in [3.8, 4) is 0 Å². The molecule has 20 heavy (non-hydrogen) atoms. The average Bonchev–Trinajstić information content (AvgIpc) is 2.38. The van der Waals surface area contributed by atoms with E-state index in [1.165, 1.54) is 6.20 Å². The number of carbonyl (C=O) groups is 2. The number of carboxylic acids is 1. The Labute approximate surface area is 122 Å². The smallest absolute Gasteiger partial charge is 0.317 e. The Kier molecular flexibility index (Phi) is 4.57. The fourth-order valence-corrected chi connectivity index (χ4v) is 2.44. The molecule has 0 radical (unpaired) electrons. The topological polar surface area (TPSA) is 73.7 Å². The van der Waals surface area contributed by atoms with Gasteiger partial charge in [0.05, 0.1) is 17.1 Å². The molecule has 1 aromatic heterocycles. The van der Waals surface area contributed by atoms with Crippen LogP contribution in [0.25, 0.3) is 0 Å². The van der Waals surface area contributed by atoms with Gasteiger partial charge < -0.3 is 10.0 Å². The van der Waals surface area contributed by atoms with Crippen molar-refractivity contribution in [2.45, 2.75) is 6.92 Å². The van der Waals surface area contributed by atoms with Gasteiger partial charge in [0.15, 0.2) is 0 Å². The summed E-state index contributed by atoms with van der Waals surface area (Å²) in [6, 6.07) is 1.66. The average molecular weight is 298 g/mol. The summed E-state index contributed by atoms with van der Waals surface area (Å²) >= 11 is 6.07. The molecule has 1 amide bonds. The summed E-state index contributed by atoms with van der Waals surface area (Å²) < 4.78 is 0. The van der Waals surface area contributed by atoms with E-state index in [1.54, 1.807) is 15.9 Å². The van der Waals surface area contributed by atoms with Gasteiger partial charge in [-0.2, -0.15) is 0 Å². The van der Waals surface area contributed by atoms with Gasteiger partial charge >= 0.3 is 5.97 Å². The standard InChI is InChI=1S/C13H16ClN3O3/c1-9-6-11(14)10(7-15-9)13(20)17-4-2-16(3-5-17)8-12(18)19/h6-7H,2-5,8H2,1H3,(H,18,19). The summed E-state index contributed by atoms with van der Waals surface area (Å²) in [5.41, 5.74) is 1.15. The SMILES string of the molecule is Cc1cc(Cl)c(C(=O)N2CCN(CC(=O)O)CC2)cn1. The van der Waals surface area contributed by atoms with Crippen molar-refractivity contribution >= 4 is 23.5 Å². The molecule has 0 saturated carbocycles. The number of carboxylic acid groups (broad SMARTS) is 1. The van der Waals surface area contributed by atoms with Gasteiger partial charge in [0.25, 0.3) is 5.91 Å². The van der Waals surface area contributed by atoms with E-state index in [4.69, 9.17) is 16.7 Å². The van der Waals surface area contributed by atoms with Gasteiger partial charge in [-0.15, -0.1) is 0 Å². The first-order chi connectivity index (χ1) is 9.47. The molecule has 2 rings (SSSR count). The van der Waals surface area contributed by atoms with Gasteiger partial charge in [-0.05, 0) is 13.0 Å². The third-order valence-corrected chi connectivity index (χ3v) is 3.55. The summed E-state index contributed by atoms with van der Waals surface area (Å²) in [6.07, 6.45) is 1.49. The quantitative estimate of drug-likeness (QED) is 0.897. The number of aryl methyl sites for hydroxylation is 1. The summed E-state index contributed by atoms with van der Waals surface area (Å²) in [5, 5.41) is 9.13. The lowest BCUT2D eigenvalue weighted by Gasteiger charge is -2.33. The maximum absolute atomic E-state index is 12.3. The molecule has 0 unspecified atom stereocenters. The minimum absolute atomic E-state index is 0.00880. The molecule has 1 aliphatic heterocycles. The minimum atomic E-state index is -0.851. The lowest BCUT2D eigenvalue weighted by atomic mass is 10.2. The van der Waals surface area contributed by atoms with Gasteiger partial charge in [0, 0.05) is 38.1 Å². The number of aromatic nitrogens is 1. The van der Waals surface area contributed by atoms with Crippen LogP contribution in [-0.4, -0.2) is 64.5 Å². The number of piperazine rings is 1. The van der Waals surface area contributed by atoms with Crippen molar-refractivity contribution in [3.05, 3.63) is 28.5 Å². The molecule has 1 saturated heterocycles. The molecular formula is C13H16ClN3O3. The molecule has 108 valence electrons. The highest BCUT2D eigenvalue weighted by Crippen LogP contribution is 2.18. The largest absolute Gasteiger partial charge is 0.480 e. The van der Waals surface area contributed by atoms with E-state index in [-0.39, 0.29) is 12.5 Å². The van der Waals surface area contributed by atoms with Crippen molar-refractivity contribution in [2.24, 2.45) is 0 Å². The maximum Gasteiger partial charge on any atom is 0.317 e. The zero-order valence-corrected chi connectivity index (χ0v) is 11.9. The lowest BCUT2D eigenvalue weighted by molar-refractivity contribution is -0.138. The van der Waals surface area contributed by atoms with Gasteiger partial charge in [-0.3, -0.25) is 19.5 Å². The molecule has 0 atom stereocenters. The monoisotopic (exact) mass is 297 g/mol. The molecule has 0 spiro atoms. The first-order valence-electron chi connectivity index (χ1n) is 6.33.